The van der Waals surface area contributed by atoms with Crippen LogP contribution in [0.2, 0.25) is 0 Å². The van der Waals surface area contributed by atoms with Crippen LogP contribution in [0.5, 0.6) is 0 Å². The number of allylic oxidation sites excluding steroid dienone is 1. The molecule has 0 aliphatic heterocycles. The molecule has 0 radical (unpaired) electrons. The minimum Gasteiger partial charge on any atom is -0.324 e. The number of nitrogens with two attached hydrogens (primary N) is 1. The van der Waals surface area contributed by atoms with Crippen molar-refractivity contribution in [3.63, 3.8) is 0 Å². The maximum Gasteiger partial charge on any atom is 0.124 e. The first-order valence-corrected chi connectivity index (χ1v) is 5.83. The van der Waals surface area contributed by atoms with E-state index >= 15 is 0 Å². The average Bonchev–Trinajstić information content (AvgIpc) is 2.49. The van der Waals surface area contributed by atoms with Gasteiger partial charge in [0.05, 0.1) is 0 Å². The predicted octanol–water partition coefficient (Wildman–Crippen LogP) is 3.18. The smallest absolute Gasteiger partial charge is 0.124 e. The molecule has 1 aliphatic rings. The Kier molecular flexibility index (Phi) is 3.22. The summed E-state index contributed by atoms with van der Waals surface area (Å²) < 4.78 is 13.9. The van der Waals surface area contributed by atoms with E-state index in [0.29, 0.717) is 0 Å². The van der Waals surface area contributed by atoms with Crippen LogP contribution in [-0.2, 0) is 6.42 Å². The van der Waals surface area contributed by atoms with Crippen molar-refractivity contribution in [2.45, 2.75) is 25.3 Å². The molecule has 2 N–H and O–H groups in total. The van der Waals surface area contributed by atoms with Crippen molar-refractivity contribution in [2.75, 3.05) is 0 Å². The number of benzene rings is 1. The summed E-state index contributed by atoms with van der Waals surface area (Å²) in [6.07, 6.45) is 4.96. The third kappa shape index (κ3) is 2.89. The van der Waals surface area contributed by atoms with Gasteiger partial charge in [0.15, 0.2) is 0 Å². The highest BCUT2D eigenvalue weighted by atomic mass is 79.9. The third-order valence-electron chi connectivity index (χ3n) is 2.60. The molecule has 15 heavy (non-hydrogen) atoms. The van der Waals surface area contributed by atoms with E-state index in [2.05, 4.69) is 22.0 Å². The first kappa shape index (κ1) is 10.8. The van der Waals surface area contributed by atoms with Crippen molar-refractivity contribution < 1.29 is 4.39 Å². The van der Waals surface area contributed by atoms with Crippen molar-refractivity contribution in [1.82, 2.24) is 0 Å². The predicted molar refractivity (Wildman–Crippen MR) is 63.1 cm³/mol. The van der Waals surface area contributed by atoms with E-state index in [1.165, 1.54) is 11.6 Å². The second-order valence-electron chi connectivity index (χ2n) is 3.98. The Bertz CT molecular complexity index is 380. The standard InChI is InChI=1S/C12H13BrFN/c13-10-4-9(5-11(14)7-10)3-8-1-2-12(15)6-8/h4-7,12H,1-3,15H2. The van der Waals surface area contributed by atoms with Gasteiger partial charge in [-0.1, -0.05) is 27.6 Å². The molecule has 2 rings (SSSR count). The van der Waals surface area contributed by atoms with Crippen molar-refractivity contribution in [2.24, 2.45) is 5.73 Å². The molecule has 0 fully saturated rings. The molecule has 0 saturated heterocycles. The molecule has 80 valence electrons. The summed E-state index contributed by atoms with van der Waals surface area (Å²) in [6, 6.07) is 5.19. The molecule has 1 aromatic carbocycles. The van der Waals surface area contributed by atoms with Crippen LogP contribution in [0, 0.1) is 5.82 Å². The van der Waals surface area contributed by atoms with Gasteiger partial charge in [-0.05, 0) is 43.0 Å². The summed E-state index contributed by atoms with van der Waals surface area (Å²) >= 11 is 3.29. The minimum absolute atomic E-state index is 0.192. The highest BCUT2D eigenvalue weighted by molar-refractivity contribution is 9.10. The lowest BCUT2D eigenvalue weighted by molar-refractivity contribution is 0.625. The number of halogens is 2. The van der Waals surface area contributed by atoms with Gasteiger partial charge in [0.2, 0.25) is 0 Å². The van der Waals surface area contributed by atoms with Crippen molar-refractivity contribution in [3.8, 4) is 0 Å². The zero-order valence-electron chi connectivity index (χ0n) is 8.34. The number of hydrogen-bond acceptors (Lipinski definition) is 1. The zero-order chi connectivity index (χ0) is 10.8. The highest BCUT2D eigenvalue weighted by Gasteiger charge is 2.12. The number of rotatable bonds is 2. The van der Waals surface area contributed by atoms with Gasteiger partial charge >= 0.3 is 0 Å². The van der Waals surface area contributed by atoms with Crippen molar-refractivity contribution in [3.05, 3.63) is 45.7 Å². The Balaban J connectivity index is 2.14. The molecule has 1 nitrogen and oxygen atoms in total. The lowest BCUT2D eigenvalue weighted by Gasteiger charge is -2.03. The van der Waals surface area contributed by atoms with Gasteiger partial charge in [-0.3, -0.25) is 0 Å². The Morgan fingerprint density at radius 2 is 2.20 bits per heavy atom. The van der Waals surface area contributed by atoms with Crippen LogP contribution < -0.4 is 5.73 Å². The van der Waals surface area contributed by atoms with Crippen LogP contribution in [0.25, 0.3) is 0 Å². The highest BCUT2D eigenvalue weighted by Crippen LogP contribution is 2.23. The van der Waals surface area contributed by atoms with E-state index in [1.54, 1.807) is 6.07 Å². The molecule has 0 bridgehead atoms. The molecule has 1 unspecified atom stereocenters. The van der Waals surface area contributed by atoms with E-state index in [9.17, 15) is 4.39 Å². The minimum atomic E-state index is -0.192. The van der Waals surface area contributed by atoms with Gasteiger partial charge in [-0.2, -0.15) is 0 Å². The van der Waals surface area contributed by atoms with Crippen LogP contribution in [0.3, 0.4) is 0 Å². The topological polar surface area (TPSA) is 26.0 Å². The molecule has 1 aromatic rings. The summed E-state index contributed by atoms with van der Waals surface area (Å²) in [7, 11) is 0. The van der Waals surface area contributed by atoms with Gasteiger partial charge in [0.1, 0.15) is 5.82 Å². The van der Waals surface area contributed by atoms with Crippen LogP contribution in [0.1, 0.15) is 18.4 Å². The first-order valence-electron chi connectivity index (χ1n) is 5.03. The molecule has 0 heterocycles. The normalized spacial score (nSPS) is 20.5. The molecule has 0 saturated carbocycles. The van der Waals surface area contributed by atoms with Gasteiger partial charge in [0.25, 0.3) is 0 Å². The fourth-order valence-electron chi connectivity index (χ4n) is 1.94. The van der Waals surface area contributed by atoms with Crippen molar-refractivity contribution in [1.29, 1.82) is 0 Å². The maximum atomic E-state index is 13.1. The van der Waals surface area contributed by atoms with Gasteiger partial charge in [-0.15, -0.1) is 0 Å². The van der Waals surface area contributed by atoms with Crippen LogP contribution in [0.15, 0.2) is 34.3 Å². The van der Waals surface area contributed by atoms with Crippen LogP contribution in [-0.4, -0.2) is 6.04 Å². The molecular formula is C12H13BrFN. The lowest BCUT2D eigenvalue weighted by Crippen LogP contribution is -2.11. The second-order valence-corrected chi connectivity index (χ2v) is 4.90. The average molecular weight is 270 g/mol. The van der Waals surface area contributed by atoms with Crippen LogP contribution >= 0.6 is 15.9 Å². The summed E-state index contributed by atoms with van der Waals surface area (Å²) in [5.41, 5.74) is 8.10. The maximum absolute atomic E-state index is 13.1. The Labute approximate surface area is 97.3 Å². The van der Waals surface area contributed by atoms with E-state index < -0.39 is 0 Å². The molecule has 0 spiro atoms. The molecule has 0 aromatic heterocycles. The Hall–Kier alpha value is -0.670. The molecule has 0 amide bonds. The fraction of sp³-hybridized carbons (Fsp3) is 0.333. The third-order valence-corrected chi connectivity index (χ3v) is 3.06. The van der Waals surface area contributed by atoms with E-state index in [0.717, 1.165) is 29.3 Å². The monoisotopic (exact) mass is 269 g/mol. The zero-order valence-corrected chi connectivity index (χ0v) is 9.93. The van der Waals surface area contributed by atoms with E-state index in [4.69, 9.17) is 5.73 Å². The largest absolute Gasteiger partial charge is 0.324 e. The lowest BCUT2D eigenvalue weighted by atomic mass is 10.1. The Morgan fingerprint density at radius 3 is 2.80 bits per heavy atom. The SMILES string of the molecule is NC1C=C(Cc2cc(F)cc(Br)c2)CC1. The quantitative estimate of drug-likeness (QED) is 0.821. The Morgan fingerprint density at radius 1 is 1.40 bits per heavy atom. The first-order chi connectivity index (χ1) is 7.13. The fourth-order valence-corrected chi connectivity index (χ4v) is 2.46. The second kappa shape index (κ2) is 4.45. The summed E-state index contributed by atoms with van der Waals surface area (Å²) in [6.45, 7) is 0. The van der Waals surface area contributed by atoms with E-state index in [-0.39, 0.29) is 11.9 Å². The van der Waals surface area contributed by atoms with Crippen LogP contribution in [0.4, 0.5) is 4.39 Å². The van der Waals surface area contributed by atoms with Crippen molar-refractivity contribution >= 4 is 15.9 Å². The van der Waals surface area contributed by atoms with Gasteiger partial charge in [-0.25, -0.2) is 4.39 Å². The summed E-state index contributed by atoms with van der Waals surface area (Å²) in [5, 5.41) is 0. The molecule has 3 heteroatoms. The van der Waals surface area contributed by atoms with E-state index in [1.807, 2.05) is 6.07 Å². The summed E-state index contributed by atoms with van der Waals surface area (Å²) in [4.78, 5) is 0. The molecule has 1 aliphatic carbocycles. The summed E-state index contributed by atoms with van der Waals surface area (Å²) in [5.74, 6) is -0.192. The molecule has 1 atom stereocenters. The molecular weight excluding hydrogens is 257 g/mol. The number of hydrogen-bond donors (Lipinski definition) is 1. The van der Waals surface area contributed by atoms with Gasteiger partial charge < -0.3 is 5.73 Å². The van der Waals surface area contributed by atoms with Gasteiger partial charge in [0, 0.05) is 10.5 Å².